The molecule has 0 saturated heterocycles. The van der Waals surface area contributed by atoms with Gasteiger partial charge in [0.15, 0.2) is 0 Å². The van der Waals surface area contributed by atoms with Crippen LogP contribution in [0.3, 0.4) is 0 Å². The van der Waals surface area contributed by atoms with Crippen LogP contribution in [0.25, 0.3) is 50.2 Å². The minimum atomic E-state index is -1.46. The average Bonchev–Trinajstić information content (AvgIpc) is 3.01. The van der Waals surface area contributed by atoms with E-state index in [9.17, 15) is 0 Å². The minimum Gasteiger partial charge on any atom is -0.496 e. The van der Waals surface area contributed by atoms with Gasteiger partial charge in [0, 0.05) is 10.8 Å². The van der Waals surface area contributed by atoms with Crippen molar-refractivity contribution in [3.05, 3.63) is 96.6 Å². The molecular formula is C28H23O3P. The van der Waals surface area contributed by atoms with Gasteiger partial charge in [-0.15, -0.1) is 0 Å². The number of para-hydroxylation sites is 1. The van der Waals surface area contributed by atoms with E-state index in [1.807, 2.05) is 55.5 Å². The first kappa shape index (κ1) is 20.2. The lowest BCUT2D eigenvalue weighted by atomic mass is 9.96. The minimum absolute atomic E-state index is 0.749. The standard InChI is InChI=1S/C28H23O3P/c1-4-10-19-15-17-24-27(21(19)5-2)28-22-12-7-6-11-20(22)16-18-25(28)31-32(30-24)26-14-9-8-13-23(26)29-3/h4-18H,2H2,1,3H3/b10-4-. The highest BCUT2D eigenvalue weighted by atomic mass is 31.1. The zero-order valence-corrected chi connectivity index (χ0v) is 18.9. The number of hydrogen-bond donors (Lipinski definition) is 0. The first-order valence-corrected chi connectivity index (χ1v) is 11.7. The third-order valence-corrected chi connectivity index (χ3v) is 7.06. The highest BCUT2D eigenvalue weighted by molar-refractivity contribution is 7.45. The quantitative estimate of drug-likeness (QED) is 0.281. The Balaban J connectivity index is 2.06. The fourth-order valence-corrected chi connectivity index (χ4v) is 5.61. The van der Waals surface area contributed by atoms with Gasteiger partial charge in [-0.05, 0) is 53.1 Å². The number of fused-ring (bicyclic) bond motifs is 5. The van der Waals surface area contributed by atoms with E-state index in [4.69, 9.17) is 13.1 Å². The van der Waals surface area contributed by atoms with Gasteiger partial charge in [0.2, 0.25) is 0 Å². The van der Waals surface area contributed by atoms with Crippen molar-refractivity contribution >= 4 is 52.9 Å². The van der Waals surface area contributed by atoms with Crippen LogP contribution < -0.4 is 4.74 Å². The van der Waals surface area contributed by atoms with Crippen LogP contribution in [0.2, 0.25) is 0 Å². The van der Waals surface area contributed by atoms with E-state index in [2.05, 4.69) is 49.1 Å². The highest BCUT2D eigenvalue weighted by Gasteiger charge is 2.16. The maximum absolute atomic E-state index is 6.59. The average molecular weight is 438 g/mol. The van der Waals surface area contributed by atoms with Gasteiger partial charge in [-0.25, -0.2) is 0 Å². The number of benzene rings is 4. The highest BCUT2D eigenvalue weighted by Crippen LogP contribution is 2.48. The Morgan fingerprint density at radius 1 is 0.844 bits per heavy atom. The molecule has 32 heavy (non-hydrogen) atoms. The number of hydrogen-bond acceptors (Lipinski definition) is 3. The Kier molecular flexibility index (Phi) is 5.34. The molecule has 0 amide bonds. The second-order valence-electron chi connectivity index (χ2n) is 7.42. The van der Waals surface area contributed by atoms with Gasteiger partial charge in [-0.3, -0.25) is 0 Å². The lowest BCUT2D eigenvalue weighted by molar-refractivity contribution is 0.417. The first-order chi connectivity index (χ1) is 15.7. The molecule has 1 aromatic heterocycles. The van der Waals surface area contributed by atoms with Crippen molar-refractivity contribution in [2.75, 3.05) is 7.11 Å². The van der Waals surface area contributed by atoms with E-state index in [-0.39, 0.29) is 0 Å². The fourth-order valence-electron chi connectivity index (χ4n) is 4.16. The van der Waals surface area contributed by atoms with E-state index >= 15 is 0 Å². The summed E-state index contributed by atoms with van der Waals surface area (Å²) in [5, 5.41) is 5.19. The zero-order chi connectivity index (χ0) is 22.1. The van der Waals surface area contributed by atoms with Crippen LogP contribution in [0, 0.1) is 0 Å². The molecule has 5 aromatic rings. The Labute approximate surface area is 187 Å². The molecule has 1 atom stereocenters. The van der Waals surface area contributed by atoms with Crippen LogP contribution >= 0.6 is 8.01 Å². The molecule has 0 bridgehead atoms. The molecule has 0 spiro atoms. The topological polar surface area (TPSA) is 35.5 Å². The van der Waals surface area contributed by atoms with Crippen molar-refractivity contribution in [2.45, 2.75) is 6.92 Å². The SMILES string of the molecule is C=Cc1c(/C=C\C)ccc2op(-c3ccccc3OC)oc3ccc4ccccc4c3c12. The van der Waals surface area contributed by atoms with Crippen LogP contribution in [0.4, 0.5) is 0 Å². The summed E-state index contributed by atoms with van der Waals surface area (Å²) in [6.45, 7) is 6.14. The number of ether oxygens (including phenoxy) is 1. The summed E-state index contributed by atoms with van der Waals surface area (Å²) < 4.78 is 18.8. The van der Waals surface area contributed by atoms with Gasteiger partial charge in [0.1, 0.15) is 22.2 Å². The Bertz CT molecular complexity index is 1540. The Morgan fingerprint density at radius 3 is 2.34 bits per heavy atom. The van der Waals surface area contributed by atoms with Crippen LogP contribution in [-0.4, -0.2) is 7.11 Å². The van der Waals surface area contributed by atoms with E-state index in [1.54, 1.807) is 7.11 Å². The number of allylic oxidation sites excluding steroid dienone is 1. The summed E-state index contributed by atoms with van der Waals surface area (Å²) in [6, 6.07) is 24.4. The molecule has 158 valence electrons. The predicted molar refractivity (Wildman–Crippen MR) is 137 cm³/mol. The maximum Gasteiger partial charge on any atom is 0.256 e. The predicted octanol–water partition coefficient (Wildman–Crippen LogP) is 9.12. The molecule has 1 unspecified atom stereocenters. The normalized spacial score (nSPS) is 12.0. The largest absolute Gasteiger partial charge is 0.496 e. The Hall–Kier alpha value is -3.68. The first-order valence-electron chi connectivity index (χ1n) is 10.5. The molecule has 0 saturated carbocycles. The summed E-state index contributed by atoms with van der Waals surface area (Å²) in [5.74, 6) is 0.749. The van der Waals surface area contributed by atoms with Gasteiger partial charge in [0.05, 0.1) is 7.11 Å². The molecule has 0 radical (unpaired) electrons. The maximum atomic E-state index is 6.59. The van der Waals surface area contributed by atoms with E-state index in [0.29, 0.717) is 0 Å². The van der Waals surface area contributed by atoms with Crippen molar-refractivity contribution in [1.29, 1.82) is 0 Å². The monoisotopic (exact) mass is 438 g/mol. The van der Waals surface area contributed by atoms with Crippen LogP contribution in [0.15, 0.2) is 93.8 Å². The van der Waals surface area contributed by atoms with Gasteiger partial charge in [-0.1, -0.05) is 73.3 Å². The molecule has 1 heterocycles. The second-order valence-corrected chi connectivity index (χ2v) is 8.78. The lowest BCUT2D eigenvalue weighted by Crippen LogP contribution is -1.85. The molecule has 0 N–H and O–H groups in total. The molecule has 0 aliphatic heterocycles. The second kappa shape index (κ2) is 8.45. The van der Waals surface area contributed by atoms with Crippen LogP contribution in [0.1, 0.15) is 18.1 Å². The number of methoxy groups -OCH3 is 1. The van der Waals surface area contributed by atoms with Crippen molar-refractivity contribution in [2.24, 2.45) is 0 Å². The molecule has 4 heteroatoms. The van der Waals surface area contributed by atoms with Gasteiger partial charge in [0.25, 0.3) is 8.01 Å². The van der Waals surface area contributed by atoms with Crippen molar-refractivity contribution < 1.29 is 13.1 Å². The third-order valence-electron chi connectivity index (χ3n) is 5.58. The summed E-state index contributed by atoms with van der Waals surface area (Å²) in [4.78, 5) is 0. The molecule has 0 fully saturated rings. The molecule has 0 aliphatic carbocycles. The fraction of sp³-hybridized carbons (Fsp3) is 0.0714. The summed E-state index contributed by atoms with van der Waals surface area (Å²) in [7, 11) is 0.206. The van der Waals surface area contributed by atoms with Crippen molar-refractivity contribution in [3.63, 3.8) is 0 Å². The molecule has 3 nitrogen and oxygen atoms in total. The molecule has 5 rings (SSSR count). The van der Waals surface area contributed by atoms with Gasteiger partial charge >= 0.3 is 0 Å². The molecule has 4 aromatic carbocycles. The van der Waals surface area contributed by atoms with Gasteiger partial charge in [-0.2, -0.15) is 0 Å². The zero-order valence-electron chi connectivity index (χ0n) is 18.0. The van der Waals surface area contributed by atoms with E-state index in [1.165, 1.54) is 0 Å². The third kappa shape index (κ3) is 3.32. The van der Waals surface area contributed by atoms with E-state index in [0.717, 1.165) is 54.9 Å². The molecular weight excluding hydrogens is 415 g/mol. The smallest absolute Gasteiger partial charge is 0.256 e. The molecule has 0 aliphatic rings. The van der Waals surface area contributed by atoms with Crippen molar-refractivity contribution in [1.82, 2.24) is 0 Å². The van der Waals surface area contributed by atoms with Crippen LogP contribution in [0.5, 0.6) is 5.75 Å². The summed E-state index contributed by atoms with van der Waals surface area (Å²) >= 11 is 0. The van der Waals surface area contributed by atoms with Crippen molar-refractivity contribution in [3.8, 4) is 11.1 Å². The summed E-state index contributed by atoms with van der Waals surface area (Å²) in [6.07, 6.45) is 6.03. The Morgan fingerprint density at radius 2 is 1.56 bits per heavy atom. The number of rotatable bonds is 4. The van der Waals surface area contributed by atoms with Crippen LogP contribution in [-0.2, 0) is 0 Å². The van der Waals surface area contributed by atoms with Gasteiger partial charge < -0.3 is 13.1 Å². The van der Waals surface area contributed by atoms with E-state index < -0.39 is 8.01 Å². The summed E-state index contributed by atoms with van der Waals surface area (Å²) in [5.41, 5.74) is 3.69. The lowest BCUT2D eigenvalue weighted by Gasteiger charge is -2.07.